The van der Waals surface area contributed by atoms with Gasteiger partial charge in [0.25, 0.3) is 0 Å². The molecule has 0 saturated heterocycles. The van der Waals surface area contributed by atoms with Gasteiger partial charge in [0.1, 0.15) is 13.2 Å². The van der Waals surface area contributed by atoms with Crippen molar-refractivity contribution in [2.75, 3.05) is 13.2 Å². The third-order valence-corrected chi connectivity index (χ3v) is 14.3. The fraction of sp³-hybridized carbons (Fsp3) is 0.736. The van der Waals surface area contributed by atoms with E-state index in [-0.39, 0.29) is 31.1 Å². The number of esters is 3. The monoisotopic (exact) mass is 1080 g/mol. The van der Waals surface area contributed by atoms with E-state index in [0.29, 0.717) is 19.3 Å². The zero-order chi connectivity index (χ0) is 56.4. The summed E-state index contributed by atoms with van der Waals surface area (Å²) in [5.41, 5.74) is 0. The van der Waals surface area contributed by atoms with Crippen LogP contribution in [0.2, 0.25) is 0 Å². The Hall–Kier alpha value is -3.67. The van der Waals surface area contributed by atoms with E-state index in [9.17, 15) is 14.4 Å². The minimum Gasteiger partial charge on any atom is -0.462 e. The second kappa shape index (κ2) is 65.8. The van der Waals surface area contributed by atoms with Crippen LogP contribution >= 0.6 is 0 Å². The van der Waals surface area contributed by atoms with Gasteiger partial charge in [-0.1, -0.05) is 279 Å². The molecule has 1 unspecified atom stereocenters. The Morgan fingerprint density at radius 1 is 0.269 bits per heavy atom. The van der Waals surface area contributed by atoms with E-state index in [1.165, 1.54) is 173 Å². The lowest BCUT2D eigenvalue weighted by Gasteiger charge is -2.18. The third-order valence-electron chi connectivity index (χ3n) is 14.3. The van der Waals surface area contributed by atoms with Crippen molar-refractivity contribution in [1.82, 2.24) is 0 Å². The molecule has 0 N–H and O–H groups in total. The summed E-state index contributed by atoms with van der Waals surface area (Å²) in [5, 5.41) is 0. The smallest absolute Gasteiger partial charge is 0.306 e. The summed E-state index contributed by atoms with van der Waals surface area (Å²) in [7, 11) is 0. The van der Waals surface area contributed by atoms with Crippen molar-refractivity contribution in [2.24, 2.45) is 0 Å². The van der Waals surface area contributed by atoms with Crippen LogP contribution in [0.3, 0.4) is 0 Å². The van der Waals surface area contributed by atoms with Crippen molar-refractivity contribution in [2.45, 2.75) is 329 Å². The molecule has 0 aromatic heterocycles. The quantitative estimate of drug-likeness (QED) is 0.0261. The highest BCUT2D eigenvalue weighted by Crippen LogP contribution is 2.16. The first kappa shape index (κ1) is 74.3. The zero-order valence-corrected chi connectivity index (χ0v) is 51.4. The number of allylic oxidation sites excluding steroid dienone is 16. The van der Waals surface area contributed by atoms with E-state index in [1.54, 1.807) is 0 Å². The molecule has 0 saturated carbocycles. The topological polar surface area (TPSA) is 78.9 Å². The van der Waals surface area contributed by atoms with Crippen molar-refractivity contribution in [3.63, 3.8) is 0 Å². The van der Waals surface area contributed by atoms with E-state index >= 15 is 0 Å². The van der Waals surface area contributed by atoms with Crippen molar-refractivity contribution in [1.29, 1.82) is 0 Å². The Morgan fingerprint density at radius 2 is 0.500 bits per heavy atom. The van der Waals surface area contributed by atoms with Crippen LogP contribution in [0.15, 0.2) is 97.2 Å². The van der Waals surface area contributed by atoms with Crippen LogP contribution in [-0.4, -0.2) is 37.2 Å². The van der Waals surface area contributed by atoms with Gasteiger partial charge in [-0.2, -0.15) is 0 Å². The molecule has 0 heterocycles. The van der Waals surface area contributed by atoms with Gasteiger partial charge in [0.15, 0.2) is 6.10 Å². The van der Waals surface area contributed by atoms with Crippen LogP contribution in [-0.2, 0) is 28.6 Å². The second-order valence-corrected chi connectivity index (χ2v) is 22.0. The molecule has 0 amide bonds. The molecule has 1 atom stereocenters. The number of hydrogen-bond donors (Lipinski definition) is 0. The Balaban J connectivity index is 4.37. The summed E-state index contributed by atoms with van der Waals surface area (Å²) < 4.78 is 17.0. The summed E-state index contributed by atoms with van der Waals surface area (Å²) >= 11 is 0. The first-order chi connectivity index (χ1) is 38.5. The largest absolute Gasteiger partial charge is 0.462 e. The molecule has 6 heteroatoms. The molecule has 0 aromatic rings. The van der Waals surface area contributed by atoms with Crippen LogP contribution in [0.1, 0.15) is 323 Å². The predicted molar refractivity (Wildman–Crippen MR) is 339 cm³/mol. The van der Waals surface area contributed by atoms with Crippen molar-refractivity contribution in [3.8, 4) is 0 Å². The fourth-order valence-corrected chi connectivity index (χ4v) is 9.32. The first-order valence-corrected chi connectivity index (χ1v) is 33.2. The number of hydrogen-bond acceptors (Lipinski definition) is 6. The maximum absolute atomic E-state index is 12.9. The van der Waals surface area contributed by atoms with Crippen LogP contribution in [0.5, 0.6) is 0 Å². The Bertz CT molecular complexity index is 1530. The Labute approximate surface area is 483 Å². The lowest BCUT2D eigenvalue weighted by molar-refractivity contribution is -0.167. The molecule has 0 aliphatic rings. The van der Waals surface area contributed by atoms with Gasteiger partial charge in [-0.05, 0) is 122 Å². The first-order valence-electron chi connectivity index (χ1n) is 33.2. The van der Waals surface area contributed by atoms with Crippen LogP contribution < -0.4 is 0 Å². The highest BCUT2D eigenvalue weighted by Gasteiger charge is 2.19. The number of unbranched alkanes of at least 4 members (excludes halogenated alkanes) is 33. The molecule has 0 spiro atoms. The van der Waals surface area contributed by atoms with Crippen LogP contribution in [0, 0.1) is 0 Å². The summed E-state index contributed by atoms with van der Waals surface area (Å²) in [5.74, 6) is -0.896. The van der Waals surface area contributed by atoms with E-state index in [1.807, 2.05) is 0 Å². The molecule has 0 fully saturated rings. The average molecular weight is 1090 g/mol. The van der Waals surface area contributed by atoms with Crippen LogP contribution in [0.25, 0.3) is 0 Å². The molecule has 0 aromatic carbocycles. The zero-order valence-electron chi connectivity index (χ0n) is 51.4. The molecule has 0 radical (unpaired) electrons. The van der Waals surface area contributed by atoms with E-state index in [0.717, 1.165) is 109 Å². The van der Waals surface area contributed by atoms with Gasteiger partial charge in [-0.15, -0.1) is 0 Å². The minimum absolute atomic E-state index is 0.0856. The number of carbonyl (C=O) groups excluding carboxylic acids is 3. The van der Waals surface area contributed by atoms with E-state index in [2.05, 4.69) is 118 Å². The highest BCUT2D eigenvalue weighted by molar-refractivity contribution is 5.71. The summed E-state index contributed by atoms with van der Waals surface area (Å²) in [6, 6.07) is 0. The normalized spacial score (nSPS) is 12.7. The standard InChI is InChI=1S/C72H124O6/c1-4-7-10-13-16-19-22-25-28-31-33-34-35-36-37-38-39-42-44-47-50-53-56-59-62-65-71(74)77-68-69(67-76-70(73)64-61-58-55-52-49-46-43-40-30-27-24-21-18-15-12-9-6-3)78-72(75)66-63-60-57-54-51-48-45-41-32-29-26-23-20-17-14-11-8-5-2/h9,12,18,20-23,25,27,29-33,35-36,69H,4-8,10-11,13-17,19,24,26,28,34,37-68H2,1-3H3/b12-9-,21-18-,23-20-,25-22-,30-27-,32-29-,33-31-,36-35-. The highest BCUT2D eigenvalue weighted by atomic mass is 16.6. The van der Waals surface area contributed by atoms with Crippen molar-refractivity contribution < 1.29 is 28.6 Å². The fourth-order valence-electron chi connectivity index (χ4n) is 9.32. The molecule has 0 aliphatic carbocycles. The minimum atomic E-state index is -0.790. The predicted octanol–water partition coefficient (Wildman–Crippen LogP) is 22.8. The Kier molecular flexibility index (Phi) is 62.7. The molecule has 0 bridgehead atoms. The molecule has 0 rings (SSSR count). The van der Waals surface area contributed by atoms with Gasteiger partial charge in [-0.3, -0.25) is 14.4 Å². The molecule has 0 aliphatic heterocycles. The molecular weight excluding hydrogens is 961 g/mol. The summed E-state index contributed by atoms with van der Waals surface area (Å²) in [4.78, 5) is 38.4. The molecule has 448 valence electrons. The van der Waals surface area contributed by atoms with Crippen molar-refractivity contribution >= 4 is 17.9 Å². The maximum atomic E-state index is 12.9. The average Bonchev–Trinajstić information content (AvgIpc) is 3.44. The third kappa shape index (κ3) is 63.2. The lowest BCUT2D eigenvalue weighted by Crippen LogP contribution is -2.30. The SMILES string of the molecule is CC/C=C\C/C=C\C/C=C\CCCCCCCCCC(=O)OCC(COC(=O)CCCCCCCCCCCC/C=C\C/C=C\C/C=C\CCCCCCC)OC(=O)CCCCCCCCC/C=C\C/C=C\CCCCCC. The maximum Gasteiger partial charge on any atom is 0.306 e. The van der Waals surface area contributed by atoms with Crippen molar-refractivity contribution in [3.05, 3.63) is 97.2 Å². The summed E-state index contributed by atoms with van der Waals surface area (Å²) in [6.45, 7) is 6.51. The second-order valence-electron chi connectivity index (χ2n) is 22.0. The van der Waals surface area contributed by atoms with E-state index in [4.69, 9.17) is 14.2 Å². The van der Waals surface area contributed by atoms with Gasteiger partial charge in [0.05, 0.1) is 0 Å². The Morgan fingerprint density at radius 3 is 0.795 bits per heavy atom. The summed E-state index contributed by atoms with van der Waals surface area (Å²) in [6.07, 6.45) is 88.4. The van der Waals surface area contributed by atoms with Gasteiger partial charge in [0, 0.05) is 19.3 Å². The van der Waals surface area contributed by atoms with Gasteiger partial charge in [0.2, 0.25) is 0 Å². The van der Waals surface area contributed by atoms with Crippen LogP contribution in [0.4, 0.5) is 0 Å². The number of carbonyl (C=O) groups is 3. The van der Waals surface area contributed by atoms with Gasteiger partial charge < -0.3 is 14.2 Å². The number of rotatable bonds is 60. The van der Waals surface area contributed by atoms with E-state index < -0.39 is 6.10 Å². The molecule has 78 heavy (non-hydrogen) atoms. The molecular formula is C72H124O6. The molecule has 6 nitrogen and oxygen atoms in total. The lowest BCUT2D eigenvalue weighted by atomic mass is 10.1. The van der Waals surface area contributed by atoms with Gasteiger partial charge in [-0.25, -0.2) is 0 Å². The number of ether oxygens (including phenoxy) is 3. The van der Waals surface area contributed by atoms with Gasteiger partial charge >= 0.3 is 17.9 Å².